The van der Waals surface area contributed by atoms with Crippen molar-refractivity contribution in [2.75, 3.05) is 0 Å². The van der Waals surface area contributed by atoms with Crippen LogP contribution in [0.2, 0.25) is 0 Å². The van der Waals surface area contributed by atoms with Crippen molar-refractivity contribution in [3.05, 3.63) is 22.4 Å². The number of alkyl halides is 2. The number of hydrogen-bond acceptors (Lipinski definition) is 2. The predicted octanol–water partition coefficient (Wildman–Crippen LogP) is 1.82. The van der Waals surface area contributed by atoms with E-state index in [1.165, 1.54) is 6.08 Å². The quantitative estimate of drug-likeness (QED) is 0.460. The van der Waals surface area contributed by atoms with Gasteiger partial charge in [0, 0.05) is 12.8 Å². The molecule has 62 valence electrons. The Kier molecular flexibility index (Phi) is 1.89. The minimum atomic E-state index is -2.59. The second-order valence-corrected chi connectivity index (χ2v) is 2.65. The number of allylic oxidation sites excluding steroid dienone is 1. The monoisotopic (exact) mass is 163 g/mol. The second kappa shape index (κ2) is 2.56. The van der Waals surface area contributed by atoms with E-state index in [2.05, 4.69) is 0 Å². The zero-order chi connectivity index (χ0) is 8.48. The summed E-state index contributed by atoms with van der Waals surface area (Å²) < 4.78 is 24.2. The van der Waals surface area contributed by atoms with Crippen LogP contribution in [0.25, 0.3) is 0 Å². The number of rotatable bonds is 2. The largest absolute Gasteiger partial charge is 0.259 e. The first kappa shape index (κ1) is 8.10. The van der Waals surface area contributed by atoms with Gasteiger partial charge >= 0.3 is 0 Å². The first-order valence-corrected chi connectivity index (χ1v) is 3.19. The van der Waals surface area contributed by atoms with Crippen molar-refractivity contribution < 1.29 is 13.7 Å². The number of nitro groups is 1. The molecule has 1 saturated carbocycles. The topological polar surface area (TPSA) is 43.1 Å². The minimum Gasteiger partial charge on any atom is -0.259 e. The van der Waals surface area contributed by atoms with Crippen molar-refractivity contribution >= 4 is 0 Å². The summed E-state index contributed by atoms with van der Waals surface area (Å²) in [6.45, 7) is 0. The third-order valence-corrected chi connectivity index (χ3v) is 1.60. The first-order valence-electron chi connectivity index (χ1n) is 3.19. The predicted molar refractivity (Wildman–Crippen MR) is 33.8 cm³/mol. The zero-order valence-electron chi connectivity index (χ0n) is 5.67. The Morgan fingerprint density at radius 2 is 2.09 bits per heavy atom. The molecule has 0 amide bonds. The van der Waals surface area contributed by atoms with Crippen molar-refractivity contribution in [3.8, 4) is 0 Å². The molecule has 0 unspecified atom stereocenters. The Balaban J connectivity index is 2.29. The molecule has 0 aromatic carbocycles. The van der Waals surface area contributed by atoms with Crippen LogP contribution in [0.1, 0.15) is 12.8 Å². The lowest BCUT2D eigenvalue weighted by molar-refractivity contribution is -0.403. The number of halogens is 2. The summed E-state index contributed by atoms with van der Waals surface area (Å²) in [5.74, 6) is -2.90. The molecule has 0 saturated heterocycles. The fraction of sp³-hybridized carbons (Fsp3) is 0.667. The molecule has 0 atom stereocenters. The van der Waals surface area contributed by atoms with E-state index in [1.807, 2.05) is 0 Å². The van der Waals surface area contributed by atoms with Crippen molar-refractivity contribution in [2.24, 2.45) is 5.92 Å². The van der Waals surface area contributed by atoms with Crippen LogP contribution in [0.5, 0.6) is 0 Å². The van der Waals surface area contributed by atoms with Gasteiger partial charge in [0.25, 0.3) is 0 Å². The van der Waals surface area contributed by atoms with E-state index in [0.717, 1.165) is 6.20 Å². The lowest BCUT2D eigenvalue weighted by Gasteiger charge is -2.31. The van der Waals surface area contributed by atoms with Gasteiger partial charge in [-0.2, -0.15) is 0 Å². The molecule has 1 fully saturated rings. The molecule has 1 aliphatic rings. The smallest absolute Gasteiger partial charge is 0.249 e. The summed E-state index contributed by atoms with van der Waals surface area (Å²) >= 11 is 0. The molecule has 0 radical (unpaired) electrons. The van der Waals surface area contributed by atoms with Crippen molar-refractivity contribution in [1.82, 2.24) is 0 Å². The SMILES string of the molecule is O=[N+]([O-])/C=C/C1CC(F)(F)C1. The molecule has 0 aromatic rings. The Bertz CT molecular complexity index is 195. The van der Waals surface area contributed by atoms with E-state index < -0.39 is 10.8 Å². The highest BCUT2D eigenvalue weighted by Gasteiger charge is 2.44. The van der Waals surface area contributed by atoms with Gasteiger partial charge in [-0.05, 0) is 12.0 Å². The summed E-state index contributed by atoms with van der Waals surface area (Å²) in [5, 5.41) is 9.74. The zero-order valence-corrected chi connectivity index (χ0v) is 5.67. The standard InChI is InChI=1S/C6H7F2NO2/c7-6(8)3-5(4-6)1-2-9(10)11/h1-2,5H,3-4H2/b2-1+. The van der Waals surface area contributed by atoms with Crippen LogP contribution in [0, 0.1) is 16.0 Å². The van der Waals surface area contributed by atoms with Crippen molar-refractivity contribution in [3.63, 3.8) is 0 Å². The van der Waals surface area contributed by atoms with Crippen LogP contribution < -0.4 is 0 Å². The van der Waals surface area contributed by atoms with Crippen LogP contribution >= 0.6 is 0 Å². The molecule has 0 spiro atoms. The number of hydrogen-bond donors (Lipinski definition) is 0. The highest BCUT2D eigenvalue weighted by molar-refractivity contribution is 4.97. The van der Waals surface area contributed by atoms with Gasteiger partial charge in [0.1, 0.15) is 0 Å². The highest BCUT2D eigenvalue weighted by Crippen LogP contribution is 2.42. The van der Waals surface area contributed by atoms with Crippen LogP contribution in [-0.4, -0.2) is 10.8 Å². The normalized spacial score (nSPS) is 23.5. The average molecular weight is 163 g/mol. The van der Waals surface area contributed by atoms with Gasteiger partial charge in [0.15, 0.2) is 0 Å². The van der Waals surface area contributed by atoms with Crippen molar-refractivity contribution in [2.45, 2.75) is 18.8 Å². The molecule has 3 nitrogen and oxygen atoms in total. The second-order valence-electron chi connectivity index (χ2n) is 2.65. The van der Waals surface area contributed by atoms with Crippen molar-refractivity contribution in [1.29, 1.82) is 0 Å². The maximum atomic E-state index is 12.1. The Labute approximate surface area is 61.9 Å². The van der Waals surface area contributed by atoms with E-state index in [-0.39, 0.29) is 18.8 Å². The highest BCUT2D eigenvalue weighted by atomic mass is 19.3. The molecule has 1 rings (SSSR count). The van der Waals surface area contributed by atoms with Gasteiger partial charge in [-0.1, -0.05) is 0 Å². The fourth-order valence-corrected chi connectivity index (χ4v) is 1.04. The molecule has 0 bridgehead atoms. The number of nitrogens with zero attached hydrogens (tertiary/aromatic N) is 1. The van der Waals surface area contributed by atoms with Crippen LogP contribution in [-0.2, 0) is 0 Å². The third-order valence-electron chi connectivity index (χ3n) is 1.60. The average Bonchev–Trinajstić information content (AvgIpc) is 1.78. The van der Waals surface area contributed by atoms with Crippen LogP contribution in [0.15, 0.2) is 12.3 Å². The van der Waals surface area contributed by atoms with E-state index >= 15 is 0 Å². The molecule has 0 aliphatic heterocycles. The lowest BCUT2D eigenvalue weighted by Crippen LogP contribution is -2.34. The molecule has 1 aliphatic carbocycles. The molecule has 0 aromatic heterocycles. The summed E-state index contributed by atoms with van der Waals surface area (Å²) in [6.07, 6.45) is 1.44. The maximum absolute atomic E-state index is 12.1. The van der Waals surface area contributed by atoms with E-state index in [9.17, 15) is 18.9 Å². The summed E-state index contributed by atoms with van der Waals surface area (Å²) in [4.78, 5) is 9.09. The van der Waals surface area contributed by atoms with E-state index in [1.54, 1.807) is 0 Å². The minimum absolute atomic E-state index is 0.253. The molecule has 5 heteroatoms. The van der Waals surface area contributed by atoms with Gasteiger partial charge in [0.2, 0.25) is 12.1 Å². The van der Waals surface area contributed by atoms with E-state index in [0.29, 0.717) is 0 Å². The molecular weight excluding hydrogens is 156 g/mol. The van der Waals surface area contributed by atoms with Crippen LogP contribution in [0.3, 0.4) is 0 Å². The van der Waals surface area contributed by atoms with Gasteiger partial charge in [-0.3, -0.25) is 10.1 Å². The Hall–Kier alpha value is -1.00. The molecular formula is C6H7F2NO2. The summed E-state index contributed by atoms with van der Waals surface area (Å²) in [7, 11) is 0. The van der Waals surface area contributed by atoms with Gasteiger partial charge in [-0.15, -0.1) is 0 Å². The molecule has 11 heavy (non-hydrogen) atoms. The Morgan fingerprint density at radius 1 is 1.55 bits per heavy atom. The fourth-order valence-electron chi connectivity index (χ4n) is 1.04. The summed E-state index contributed by atoms with van der Waals surface area (Å²) in [5.41, 5.74) is 0. The van der Waals surface area contributed by atoms with Gasteiger partial charge < -0.3 is 0 Å². The Morgan fingerprint density at radius 3 is 2.45 bits per heavy atom. The molecule has 0 N–H and O–H groups in total. The van der Waals surface area contributed by atoms with E-state index in [4.69, 9.17) is 0 Å². The maximum Gasteiger partial charge on any atom is 0.249 e. The molecule has 0 heterocycles. The van der Waals surface area contributed by atoms with Gasteiger partial charge in [-0.25, -0.2) is 8.78 Å². The van der Waals surface area contributed by atoms with Crippen LogP contribution in [0.4, 0.5) is 8.78 Å². The lowest BCUT2D eigenvalue weighted by atomic mass is 9.81. The van der Waals surface area contributed by atoms with Gasteiger partial charge in [0.05, 0.1) is 4.92 Å². The first-order chi connectivity index (χ1) is 4.99. The third kappa shape index (κ3) is 2.25. The summed E-state index contributed by atoms with van der Waals surface area (Å²) in [6, 6.07) is 0.